The number of hydrogen-bond acceptors (Lipinski definition) is 2. The van der Waals surface area contributed by atoms with Gasteiger partial charge in [-0.3, -0.25) is 9.98 Å². The van der Waals surface area contributed by atoms with Gasteiger partial charge in [0.2, 0.25) is 0 Å². The van der Waals surface area contributed by atoms with Crippen LogP contribution in [0.1, 0.15) is 57.1 Å². The summed E-state index contributed by atoms with van der Waals surface area (Å²) in [7, 11) is 1.83. The predicted octanol–water partition coefficient (Wildman–Crippen LogP) is 4.07. The Hall–Kier alpha value is -0.850. The Kier molecular flexibility index (Phi) is 13.1. The maximum atomic E-state index is 4.31. The highest BCUT2D eigenvalue weighted by Crippen LogP contribution is 2.06. The fourth-order valence-electron chi connectivity index (χ4n) is 2.48. The predicted molar refractivity (Wildman–Crippen MR) is 111 cm³/mol. The number of rotatable bonds is 9. The molecule has 1 aromatic rings. The third-order valence-corrected chi connectivity index (χ3v) is 3.92. The Labute approximate surface area is 159 Å². The third kappa shape index (κ3) is 9.79. The zero-order valence-corrected chi connectivity index (χ0v) is 17.4. The van der Waals surface area contributed by atoms with Crippen molar-refractivity contribution in [1.82, 2.24) is 15.6 Å². The van der Waals surface area contributed by atoms with E-state index in [1.807, 2.05) is 19.4 Å². The average molecular weight is 432 g/mol. The van der Waals surface area contributed by atoms with E-state index in [-0.39, 0.29) is 24.0 Å². The summed E-state index contributed by atoms with van der Waals surface area (Å²) in [5, 5.41) is 6.87. The van der Waals surface area contributed by atoms with Gasteiger partial charge in [0.15, 0.2) is 5.96 Å². The van der Waals surface area contributed by atoms with Gasteiger partial charge in [-0.1, -0.05) is 32.6 Å². The molecule has 0 aromatic carbocycles. The van der Waals surface area contributed by atoms with Crippen LogP contribution in [-0.2, 0) is 6.42 Å². The molecule has 0 amide bonds. The van der Waals surface area contributed by atoms with Crippen LogP contribution in [0.25, 0.3) is 0 Å². The van der Waals surface area contributed by atoms with Crippen molar-refractivity contribution in [3.8, 4) is 0 Å². The molecule has 1 unspecified atom stereocenters. The number of nitrogens with zero attached hydrogens (tertiary/aromatic N) is 2. The van der Waals surface area contributed by atoms with E-state index in [0.29, 0.717) is 6.04 Å². The van der Waals surface area contributed by atoms with E-state index in [1.54, 1.807) is 0 Å². The normalized spacial score (nSPS) is 12.4. The number of pyridine rings is 1. The minimum absolute atomic E-state index is 0. The average Bonchev–Trinajstić information content (AvgIpc) is 2.52. The molecule has 5 heteroatoms. The molecular weight excluding hydrogens is 399 g/mol. The van der Waals surface area contributed by atoms with Gasteiger partial charge in [0.1, 0.15) is 0 Å². The minimum Gasteiger partial charge on any atom is -0.356 e. The first-order valence-corrected chi connectivity index (χ1v) is 8.54. The summed E-state index contributed by atoms with van der Waals surface area (Å²) in [4.78, 5) is 8.44. The molecule has 1 aromatic heterocycles. The second kappa shape index (κ2) is 13.6. The molecule has 132 valence electrons. The van der Waals surface area contributed by atoms with E-state index in [2.05, 4.69) is 47.4 Å². The number of halogens is 1. The molecule has 0 saturated heterocycles. The van der Waals surface area contributed by atoms with Crippen molar-refractivity contribution in [2.24, 2.45) is 4.99 Å². The lowest BCUT2D eigenvalue weighted by Gasteiger charge is -2.18. The molecule has 0 aliphatic rings. The van der Waals surface area contributed by atoms with E-state index in [1.165, 1.54) is 43.2 Å². The maximum Gasteiger partial charge on any atom is 0.191 e. The molecule has 4 nitrogen and oxygen atoms in total. The van der Waals surface area contributed by atoms with Crippen LogP contribution >= 0.6 is 24.0 Å². The Bertz CT molecular complexity index is 448. The smallest absolute Gasteiger partial charge is 0.191 e. The van der Waals surface area contributed by atoms with Crippen molar-refractivity contribution < 1.29 is 0 Å². The lowest BCUT2D eigenvalue weighted by Crippen LogP contribution is -2.42. The van der Waals surface area contributed by atoms with Gasteiger partial charge in [-0.15, -0.1) is 24.0 Å². The number of unbranched alkanes of at least 4 members (excludes halogenated alkanes) is 3. The SMILES string of the molecule is CCCCCCC(C)NC(=NC)NCCc1ccncc1C.I. The molecule has 0 aliphatic heterocycles. The Morgan fingerprint density at radius 3 is 2.74 bits per heavy atom. The highest BCUT2D eigenvalue weighted by Gasteiger charge is 2.05. The van der Waals surface area contributed by atoms with E-state index >= 15 is 0 Å². The summed E-state index contributed by atoms with van der Waals surface area (Å²) in [6.45, 7) is 7.46. The van der Waals surface area contributed by atoms with Crippen molar-refractivity contribution in [1.29, 1.82) is 0 Å². The second-order valence-electron chi connectivity index (χ2n) is 5.95. The number of nitrogens with one attached hydrogen (secondary N) is 2. The highest BCUT2D eigenvalue weighted by molar-refractivity contribution is 14.0. The van der Waals surface area contributed by atoms with Crippen molar-refractivity contribution in [3.63, 3.8) is 0 Å². The second-order valence-corrected chi connectivity index (χ2v) is 5.95. The van der Waals surface area contributed by atoms with Gasteiger partial charge in [0, 0.05) is 32.0 Å². The van der Waals surface area contributed by atoms with Crippen molar-refractivity contribution in [3.05, 3.63) is 29.6 Å². The van der Waals surface area contributed by atoms with Gasteiger partial charge in [-0.25, -0.2) is 0 Å². The maximum absolute atomic E-state index is 4.31. The number of hydrogen-bond donors (Lipinski definition) is 2. The Balaban J connectivity index is 0.00000484. The molecular formula is C18H33IN4. The standard InChI is InChI=1S/C18H32N4.HI/c1-5-6-7-8-9-16(3)22-18(19-4)21-13-11-17-10-12-20-14-15(17)2;/h10,12,14,16H,5-9,11,13H2,1-4H3,(H2,19,21,22);1H. The zero-order chi connectivity index (χ0) is 16.2. The molecule has 1 atom stereocenters. The van der Waals surface area contributed by atoms with Gasteiger partial charge in [-0.05, 0) is 43.9 Å². The van der Waals surface area contributed by atoms with Crippen LogP contribution in [0.15, 0.2) is 23.5 Å². The van der Waals surface area contributed by atoms with Crippen LogP contribution in [0.2, 0.25) is 0 Å². The largest absolute Gasteiger partial charge is 0.356 e. The summed E-state index contributed by atoms with van der Waals surface area (Å²) >= 11 is 0. The van der Waals surface area contributed by atoms with Crippen LogP contribution < -0.4 is 10.6 Å². The van der Waals surface area contributed by atoms with Gasteiger partial charge in [-0.2, -0.15) is 0 Å². The first-order chi connectivity index (χ1) is 10.7. The zero-order valence-electron chi connectivity index (χ0n) is 15.1. The minimum atomic E-state index is 0. The monoisotopic (exact) mass is 432 g/mol. The van der Waals surface area contributed by atoms with Crippen molar-refractivity contribution >= 4 is 29.9 Å². The van der Waals surface area contributed by atoms with Crippen molar-refractivity contribution in [2.75, 3.05) is 13.6 Å². The van der Waals surface area contributed by atoms with E-state index in [4.69, 9.17) is 0 Å². The molecule has 1 rings (SSSR count). The van der Waals surface area contributed by atoms with Gasteiger partial charge < -0.3 is 10.6 Å². The van der Waals surface area contributed by atoms with Gasteiger partial charge >= 0.3 is 0 Å². The summed E-state index contributed by atoms with van der Waals surface area (Å²) in [5.74, 6) is 0.898. The number of aromatic nitrogens is 1. The Morgan fingerprint density at radius 1 is 1.30 bits per heavy atom. The fourth-order valence-corrected chi connectivity index (χ4v) is 2.48. The Morgan fingerprint density at radius 2 is 2.09 bits per heavy atom. The van der Waals surface area contributed by atoms with E-state index in [0.717, 1.165) is 18.9 Å². The van der Waals surface area contributed by atoms with Gasteiger partial charge in [0.25, 0.3) is 0 Å². The quantitative estimate of drug-likeness (QED) is 0.268. The lowest BCUT2D eigenvalue weighted by molar-refractivity contribution is 0.537. The highest BCUT2D eigenvalue weighted by atomic mass is 127. The lowest BCUT2D eigenvalue weighted by atomic mass is 10.1. The van der Waals surface area contributed by atoms with Crippen LogP contribution in [0, 0.1) is 6.92 Å². The number of aliphatic imine (C=N–C) groups is 1. The number of guanidine groups is 1. The van der Waals surface area contributed by atoms with Crippen LogP contribution in [-0.4, -0.2) is 30.6 Å². The molecule has 23 heavy (non-hydrogen) atoms. The van der Waals surface area contributed by atoms with Gasteiger partial charge in [0.05, 0.1) is 0 Å². The fraction of sp³-hybridized carbons (Fsp3) is 0.667. The molecule has 0 spiro atoms. The van der Waals surface area contributed by atoms with Crippen LogP contribution in [0.5, 0.6) is 0 Å². The molecule has 0 fully saturated rings. The summed E-state index contributed by atoms with van der Waals surface area (Å²) in [5.41, 5.74) is 2.59. The van der Waals surface area contributed by atoms with E-state index in [9.17, 15) is 0 Å². The van der Waals surface area contributed by atoms with Crippen molar-refractivity contribution in [2.45, 2.75) is 65.3 Å². The summed E-state index contributed by atoms with van der Waals surface area (Å²) < 4.78 is 0. The van der Waals surface area contributed by atoms with Crippen LogP contribution in [0.3, 0.4) is 0 Å². The molecule has 0 radical (unpaired) electrons. The summed E-state index contributed by atoms with van der Waals surface area (Å²) in [6, 6.07) is 2.55. The first kappa shape index (κ1) is 22.1. The molecule has 0 saturated carbocycles. The topological polar surface area (TPSA) is 49.3 Å². The number of aryl methyl sites for hydroxylation is 1. The molecule has 2 N–H and O–H groups in total. The first-order valence-electron chi connectivity index (χ1n) is 8.54. The van der Waals surface area contributed by atoms with Crippen LogP contribution in [0.4, 0.5) is 0 Å². The molecule has 0 bridgehead atoms. The van der Waals surface area contributed by atoms with E-state index < -0.39 is 0 Å². The molecule has 0 aliphatic carbocycles. The third-order valence-electron chi connectivity index (χ3n) is 3.92. The molecule has 1 heterocycles. The summed E-state index contributed by atoms with van der Waals surface area (Å²) in [6.07, 6.45) is 11.2.